The topological polar surface area (TPSA) is 43.6 Å². The van der Waals surface area contributed by atoms with E-state index in [0.29, 0.717) is 11.1 Å². The Kier molecular flexibility index (Phi) is 4.81. The molecule has 2 heterocycles. The molecule has 1 aliphatic heterocycles. The Balaban J connectivity index is 1.54. The van der Waals surface area contributed by atoms with E-state index in [1.807, 2.05) is 24.3 Å². The predicted molar refractivity (Wildman–Crippen MR) is 84.4 cm³/mol. The zero-order valence-electron chi connectivity index (χ0n) is 12.6. The molecule has 0 aliphatic carbocycles. The van der Waals surface area contributed by atoms with Gasteiger partial charge < -0.3 is 9.64 Å². The molecule has 1 N–H and O–H groups in total. The van der Waals surface area contributed by atoms with Crippen LogP contribution >= 0.6 is 0 Å². The van der Waals surface area contributed by atoms with Crippen molar-refractivity contribution in [2.75, 3.05) is 26.2 Å². The quantitative estimate of drug-likeness (QED) is 0.819. The van der Waals surface area contributed by atoms with Crippen LogP contribution in [-0.4, -0.2) is 37.0 Å². The Bertz CT molecular complexity index is 605. The van der Waals surface area contributed by atoms with E-state index in [-0.39, 0.29) is 5.78 Å². The van der Waals surface area contributed by atoms with Crippen LogP contribution in [0.15, 0.2) is 48.8 Å². The predicted octanol–water partition coefficient (Wildman–Crippen LogP) is 1.37. The highest BCUT2D eigenvalue weighted by molar-refractivity contribution is 6.08. The Hall–Kier alpha value is -2.20. The number of rotatable bonds is 6. The van der Waals surface area contributed by atoms with Crippen LogP contribution in [0.2, 0.25) is 0 Å². The molecule has 22 heavy (non-hydrogen) atoms. The zero-order chi connectivity index (χ0) is 15.2. The van der Waals surface area contributed by atoms with Gasteiger partial charge in [-0.1, -0.05) is 0 Å². The van der Waals surface area contributed by atoms with E-state index in [4.69, 9.17) is 4.74 Å². The molecule has 0 radical (unpaired) electrons. The van der Waals surface area contributed by atoms with E-state index in [0.717, 1.165) is 18.9 Å². The minimum atomic E-state index is 0.00969. The first-order valence-corrected chi connectivity index (χ1v) is 7.84. The number of likely N-dealkylation sites (tertiary alicyclic amines) is 1. The number of aromatic nitrogens is 1. The van der Waals surface area contributed by atoms with Crippen LogP contribution in [0, 0.1) is 0 Å². The number of ether oxygens (including phenoxy) is 1. The molecule has 0 amide bonds. The molecule has 1 saturated heterocycles. The summed E-state index contributed by atoms with van der Waals surface area (Å²) < 4.78 is 5.77. The maximum atomic E-state index is 12.3. The minimum Gasteiger partial charge on any atom is -0.488 e. The number of hydrogen-bond donors (Lipinski definition) is 1. The number of quaternary nitrogens is 1. The van der Waals surface area contributed by atoms with Gasteiger partial charge in [-0.25, -0.2) is 0 Å². The third kappa shape index (κ3) is 3.71. The van der Waals surface area contributed by atoms with E-state index in [1.165, 1.54) is 25.9 Å². The van der Waals surface area contributed by atoms with Gasteiger partial charge in [-0.3, -0.25) is 9.78 Å². The molecule has 3 rings (SSSR count). The molecule has 0 bridgehead atoms. The minimum absolute atomic E-state index is 0.00969. The zero-order valence-corrected chi connectivity index (χ0v) is 12.6. The summed E-state index contributed by atoms with van der Waals surface area (Å²) in [6, 6.07) is 10.8. The first kappa shape index (κ1) is 14.7. The fraction of sp³-hybridized carbons (Fsp3) is 0.333. The van der Waals surface area contributed by atoms with Gasteiger partial charge in [0.25, 0.3) is 0 Å². The fourth-order valence-electron chi connectivity index (χ4n) is 2.81. The molecule has 0 unspecified atom stereocenters. The van der Waals surface area contributed by atoms with Gasteiger partial charge in [0.2, 0.25) is 0 Å². The number of nitrogens with one attached hydrogen (secondary N) is 1. The van der Waals surface area contributed by atoms with Crippen molar-refractivity contribution in [3.8, 4) is 5.75 Å². The summed E-state index contributed by atoms with van der Waals surface area (Å²) >= 11 is 0. The van der Waals surface area contributed by atoms with E-state index in [9.17, 15) is 4.79 Å². The molecule has 4 nitrogen and oxygen atoms in total. The van der Waals surface area contributed by atoms with Gasteiger partial charge in [-0.15, -0.1) is 0 Å². The van der Waals surface area contributed by atoms with Crippen molar-refractivity contribution in [3.05, 3.63) is 59.9 Å². The highest BCUT2D eigenvalue weighted by Crippen LogP contribution is 2.15. The molecule has 1 aromatic carbocycles. The first-order chi connectivity index (χ1) is 10.8. The number of carbonyl (C=O) groups excluding carboxylic acids is 1. The van der Waals surface area contributed by atoms with E-state index in [1.54, 1.807) is 29.4 Å². The third-order valence-electron chi connectivity index (χ3n) is 4.09. The second-order valence-electron chi connectivity index (χ2n) is 5.64. The van der Waals surface area contributed by atoms with Gasteiger partial charge in [-0.2, -0.15) is 0 Å². The maximum Gasteiger partial charge on any atom is 0.193 e. The molecule has 114 valence electrons. The average Bonchev–Trinajstić information content (AvgIpc) is 3.09. The molecule has 1 aliphatic rings. The normalized spacial score (nSPS) is 14.9. The lowest BCUT2D eigenvalue weighted by Gasteiger charge is -2.12. The molecule has 1 fully saturated rings. The number of ketones is 1. The van der Waals surface area contributed by atoms with Crippen molar-refractivity contribution in [1.29, 1.82) is 0 Å². The maximum absolute atomic E-state index is 12.3. The van der Waals surface area contributed by atoms with Gasteiger partial charge in [0.1, 0.15) is 18.9 Å². The SMILES string of the molecule is O=C(c1ccncc1)c1ccc(OCC[NH+]2CCCC2)cc1. The van der Waals surface area contributed by atoms with Gasteiger partial charge in [0.05, 0.1) is 13.1 Å². The summed E-state index contributed by atoms with van der Waals surface area (Å²) in [6.45, 7) is 4.32. The highest BCUT2D eigenvalue weighted by atomic mass is 16.5. The van der Waals surface area contributed by atoms with Crippen LogP contribution in [0.3, 0.4) is 0 Å². The summed E-state index contributed by atoms with van der Waals surface area (Å²) in [4.78, 5) is 17.8. The molecular weight excluding hydrogens is 276 g/mol. The van der Waals surface area contributed by atoms with E-state index >= 15 is 0 Å². The van der Waals surface area contributed by atoms with Crippen molar-refractivity contribution in [2.45, 2.75) is 12.8 Å². The van der Waals surface area contributed by atoms with Crippen molar-refractivity contribution < 1.29 is 14.4 Å². The number of carbonyl (C=O) groups is 1. The summed E-state index contributed by atoms with van der Waals surface area (Å²) in [5.74, 6) is 0.834. The summed E-state index contributed by atoms with van der Waals surface area (Å²) in [7, 11) is 0. The lowest BCUT2D eigenvalue weighted by atomic mass is 10.0. The van der Waals surface area contributed by atoms with Crippen molar-refractivity contribution in [1.82, 2.24) is 4.98 Å². The van der Waals surface area contributed by atoms with E-state index in [2.05, 4.69) is 4.98 Å². The molecular formula is C18H21N2O2+. The summed E-state index contributed by atoms with van der Waals surface area (Å²) in [5, 5.41) is 0. The third-order valence-corrected chi connectivity index (χ3v) is 4.09. The smallest absolute Gasteiger partial charge is 0.193 e. The van der Waals surface area contributed by atoms with Gasteiger partial charge in [-0.05, 0) is 36.4 Å². The largest absolute Gasteiger partial charge is 0.488 e. The van der Waals surface area contributed by atoms with Crippen molar-refractivity contribution >= 4 is 5.78 Å². The number of nitrogens with zero attached hydrogens (tertiary/aromatic N) is 1. The highest BCUT2D eigenvalue weighted by Gasteiger charge is 2.14. The summed E-state index contributed by atoms with van der Waals surface area (Å²) in [5.41, 5.74) is 1.32. The Labute approximate surface area is 130 Å². The summed E-state index contributed by atoms with van der Waals surface area (Å²) in [6.07, 6.45) is 5.93. The molecule has 1 aromatic heterocycles. The molecule has 4 heteroatoms. The molecule has 2 aromatic rings. The Morgan fingerprint density at radius 1 is 1.00 bits per heavy atom. The van der Waals surface area contributed by atoms with Crippen LogP contribution in [0.5, 0.6) is 5.75 Å². The van der Waals surface area contributed by atoms with E-state index < -0.39 is 0 Å². The van der Waals surface area contributed by atoms with Gasteiger partial charge in [0, 0.05) is 36.4 Å². The first-order valence-electron chi connectivity index (χ1n) is 7.84. The second kappa shape index (κ2) is 7.18. The lowest BCUT2D eigenvalue weighted by Crippen LogP contribution is -3.10. The van der Waals surface area contributed by atoms with Crippen LogP contribution in [0.1, 0.15) is 28.8 Å². The van der Waals surface area contributed by atoms with Crippen LogP contribution < -0.4 is 9.64 Å². The van der Waals surface area contributed by atoms with Crippen molar-refractivity contribution in [2.24, 2.45) is 0 Å². The number of hydrogen-bond acceptors (Lipinski definition) is 3. The molecule has 0 atom stereocenters. The standard InChI is InChI=1S/C18H20N2O2/c21-18(16-7-9-19-10-8-16)15-3-5-17(6-4-15)22-14-13-20-11-1-2-12-20/h3-10H,1-2,11-14H2/p+1. The Morgan fingerprint density at radius 2 is 1.64 bits per heavy atom. The number of pyridine rings is 1. The molecule has 0 saturated carbocycles. The average molecular weight is 297 g/mol. The van der Waals surface area contributed by atoms with Crippen LogP contribution in [0.25, 0.3) is 0 Å². The van der Waals surface area contributed by atoms with Crippen molar-refractivity contribution in [3.63, 3.8) is 0 Å². The van der Waals surface area contributed by atoms with Gasteiger partial charge in [0.15, 0.2) is 5.78 Å². The van der Waals surface area contributed by atoms with Crippen LogP contribution in [-0.2, 0) is 0 Å². The molecule has 0 spiro atoms. The second-order valence-corrected chi connectivity index (χ2v) is 5.64. The van der Waals surface area contributed by atoms with Gasteiger partial charge >= 0.3 is 0 Å². The Morgan fingerprint density at radius 3 is 2.32 bits per heavy atom. The lowest BCUT2D eigenvalue weighted by molar-refractivity contribution is -0.887. The van der Waals surface area contributed by atoms with Crippen LogP contribution in [0.4, 0.5) is 0 Å². The number of benzene rings is 1. The monoisotopic (exact) mass is 297 g/mol. The fourth-order valence-corrected chi connectivity index (χ4v) is 2.81.